The largest absolute Gasteiger partial charge is 1.00 e. The number of hydrogen-bond donors (Lipinski definition) is 1. The summed E-state index contributed by atoms with van der Waals surface area (Å²) in [4.78, 5) is 0. The first kappa shape index (κ1) is 29.4. The molecule has 0 atom stereocenters. The summed E-state index contributed by atoms with van der Waals surface area (Å²) in [7, 11) is -10.1. The molecule has 0 aliphatic rings. The average molecular weight is 416 g/mol. The Morgan fingerprint density at radius 2 is 0.846 bits per heavy atom. The Labute approximate surface area is 118 Å². The van der Waals surface area contributed by atoms with Gasteiger partial charge in [-0.15, -0.1) is 0 Å². The van der Waals surface area contributed by atoms with E-state index >= 15 is 0 Å². The van der Waals surface area contributed by atoms with E-state index in [9.17, 15) is 0 Å². The molecular formula is HAg2LiO8S2. The third-order valence-corrected chi connectivity index (χ3v) is 0. The smallest absolute Gasteiger partial charge is 0.759 e. The third-order valence-electron chi connectivity index (χ3n) is 0. The molecule has 0 fully saturated rings. The van der Waals surface area contributed by atoms with E-state index in [-0.39, 0.29) is 63.6 Å². The van der Waals surface area contributed by atoms with Crippen LogP contribution in [0.25, 0.3) is 0 Å². The number of rotatable bonds is 0. The van der Waals surface area contributed by atoms with Crippen LogP contribution in [0.15, 0.2) is 0 Å². The van der Waals surface area contributed by atoms with Crippen molar-refractivity contribution in [1.82, 2.24) is 0 Å². The van der Waals surface area contributed by atoms with Crippen LogP contribution in [-0.4, -0.2) is 35.0 Å². The zero-order valence-electron chi connectivity index (χ0n) is 5.72. The van der Waals surface area contributed by atoms with Gasteiger partial charge >= 0.3 is 63.6 Å². The molecular weight excluding hydrogens is 415 g/mol. The van der Waals surface area contributed by atoms with Gasteiger partial charge in [-0.1, -0.05) is 0 Å². The SMILES string of the molecule is O=S(=O)([O-])O.O=S(=O)([O-])[O-].[Ag+].[Ag+].[Li+]. The molecule has 84 valence electrons. The molecule has 0 spiro atoms. The summed E-state index contributed by atoms with van der Waals surface area (Å²) in [6, 6.07) is 0. The first-order valence-corrected chi connectivity index (χ1v) is 4.05. The maximum atomic E-state index is 8.63. The molecule has 0 aromatic rings. The quantitative estimate of drug-likeness (QED) is 0.233. The standard InChI is InChI=1S/2Ag.Li.2H2O4S/c;;;2*1-5(2,3)4/h;;;2*(H2,1,2,3,4)/q3*+1;;/p-3. The van der Waals surface area contributed by atoms with Crippen LogP contribution < -0.4 is 18.9 Å². The van der Waals surface area contributed by atoms with E-state index in [1.54, 1.807) is 0 Å². The van der Waals surface area contributed by atoms with E-state index in [2.05, 4.69) is 0 Å². The summed E-state index contributed by atoms with van der Waals surface area (Å²) >= 11 is 0. The van der Waals surface area contributed by atoms with Crippen molar-refractivity contribution < 1.29 is 98.7 Å². The molecule has 0 aromatic carbocycles. The normalized spacial score (nSPS) is 8.92. The maximum absolute atomic E-state index is 8.63. The monoisotopic (exact) mass is 414 g/mol. The summed E-state index contributed by atoms with van der Waals surface area (Å²) in [6.45, 7) is 0. The second kappa shape index (κ2) is 11.9. The zero-order valence-corrected chi connectivity index (χ0v) is 10.3. The van der Waals surface area contributed by atoms with Crippen LogP contribution in [0.1, 0.15) is 0 Å². The predicted octanol–water partition coefficient (Wildman–Crippen LogP) is -5.33. The van der Waals surface area contributed by atoms with Crippen LogP contribution in [0.4, 0.5) is 0 Å². The van der Waals surface area contributed by atoms with Crippen molar-refractivity contribution in [2.24, 2.45) is 0 Å². The van der Waals surface area contributed by atoms with Gasteiger partial charge in [-0.2, -0.15) is 0 Å². The summed E-state index contributed by atoms with van der Waals surface area (Å²) in [5, 5.41) is 0. The molecule has 0 aliphatic carbocycles. The molecule has 8 nitrogen and oxygen atoms in total. The molecule has 0 heterocycles. The predicted molar refractivity (Wildman–Crippen MR) is 22.8 cm³/mol. The van der Waals surface area contributed by atoms with Crippen molar-refractivity contribution in [2.45, 2.75) is 0 Å². The summed E-state index contributed by atoms with van der Waals surface area (Å²) < 4.78 is 66.9. The van der Waals surface area contributed by atoms with E-state index in [1.807, 2.05) is 0 Å². The van der Waals surface area contributed by atoms with Crippen LogP contribution in [0.3, 0.4) is 0 Å². The van der Waals surface area contributed by atoms with E-state index < -0.39 is 20.8 Å². The molecule has 0 bridgehead atoms. The Hall–Kier alpha value is 1.82. The molecule has 0 amide bonds. The minimum absolute atomic E-state index is 0. The molecule has 0 aromatic heterocycles. The van der Waals surface area contributed by atoms with Gasteiger partial charge in [-0.05, 0) is 0 Å². The van der Waals surface area contributed by atoms with Crippen LogP contribution in [-0.2, 0) is 65.6 Å². The molecule has 0 rings (SSSR count). The van der Waals surface area contributed by atoms with E-state index in [1.165, 1.54) is 0 Å². The van der Waals surface area contributed by atoms with E-state index in [0.29, 0.717) is 0 Å². The summed E-state index contributed by atoms with van der Waals surface area (Å²) in [5.41, 5.74) is 0. The first-order chi connectivity index (χ1) is 4.00. The van der Waals surface area contributed by atoms with E-state index in [4.69, 9.17) is 35.0 Å². The van der Waals surface area contributed by atoms with Crippen LogP contribution in [0.2, 0.25) is 0 Å². The first-order valence-electron chi connectivity index (χ1n) is 1.35. The van der Waals surface area contributed by atoms with Crippen molar-refractivity contribution in [3.63, 3.8) is 0 Å². The Bertz CT molecular complexity index is 217. The average Bonchev–Trinajstić information content (AvgIpc) is 1.12. The van der Waals surface area contributed by atoms with Crippen molar-refractivity contribution in [2.75, 3.05) is 0 Å². The molecule has 13 heavy (non-hydrogen) atoms. The molecule has 13 heteroatoms. The Morgan fingerprint density at radius 3 is 0.846 bits per heavy atom. The van der Waals surface area contributed by atoms with Crippen LogP contribution >= 0.6 is 0 Å². The number of hydrogen-bond acceptors (Lipinski definition) is 7. The topological polar surface area (TPSA) is 158 Å². The second-order valence-corrected chi connectivity index (χ2v) is 2.51. The molecule has 0 unspecified atom stereocenters. The third kappa shape index (κ3) is 584. The van der Waals surface area contributed by atoms with E-state index in [0.717, 1.165) is 0 Å². The van der Waals surface area contributed by atoms with Crippen molar-refractivity contribution in [1.29, 1.82) is 0 Å². The van der Waals surface area contributed by atoms with Gasteiger partial charge in [0, 0.05) is 10.4 Å². The molecule has 0 aliphatic heterocycles. The molecule has 1 N–H and O–H groups in total. The van der Waals surface area contributed by atoms with Gasteiger partial charge in [-0.3, -0.25) is 13.0 Å². The minimum Gasteiger partial charge on any atom is -0.759 e. The van der Waals surface area contributed by atoms with Crippen LogP contribution in [0, 0.1) is 0 Å². The Balaban J connectivity index is -0.0000000267. The van der Waals surface area contributed by atoms with Gasteiger partial charge in [-0.25, -0.2) is 8.42 Å². The Kier molecular flexibility index (Phi) is 26.8. The maximum Gasteiger partial charge on any atom is 1.00 e. The van der Waals surface area contributed by atoms with Gasteiger partial charge < -0.3 is 13.7 Å². The summed E-state index contributed by atoms with van der Waals surface area (Å²) in [6.07, 6.45) is 0. The van der Waals surface area contributed by atoms with Gasteiger partial charge in [0.2, 0.25) is 10.4 Å². The summed E-state index contributed by atoms with van der Waals surface area (Å²) in [5.74, 6) is 0. The van der Waals surface area contributed by atoms with Crippen LogP contribution in [0.5, 0.6) is 0 Å². The van der Waals surface area contributed by atoms with Crippen molar-refractivity contribution >= 4 is 20.8 Å². The molecule has 0 saturated carbocycles. The Morgan fingerprint density at radius 1 is 0.846 bits per heavy atom. The van der Waals surface area contributed by atoms with Gasteiger partial charge in [0.25, 0.3) is 0 Å². The fraction of sp³-hybridized carbons (Fsp3) is 0. The second-order valence-electron chi connectivity index (χ2n) is 0.836. The fourth-order valence-corrected chi connectivity index (χ4v) is 0. The van der Waals surface area contributed by atoms with Gasteiger partial charge in [0.15, 0.2) is 0 Å². The molecule has 0 saturated heterocycles. The van der Waals surface area contributed by atoms with Gasteiger partial charge in [0.05, 0.1) is 0 Å². The van der Waals surface area contributed by atoms with Crippen molar-refractivity contribution in [3.8, 4) is 0 Å². The van der Waals surface area contributed by atoms with Gasteiger partial charge in [0.1, 0.15) is 0 Å². The van der Waals surface area contributed by atoms with Crippen molar-refractivity contribution in [3.05, 3.63) is 0 Å². The zero-order chi connectivity index (χ0) is 9.00. The molecule has 0 radical (unpaired) electrons. The minimum atomic E-state index is -5.17. The fourth-order valence-electron chi connectivity index (χ4n) is 0.